The van der Waals surface area contributed by atoms with Crippen LogP contribution in [-0.4, -0.2) is 42.3 Å². The number of carbonyl (C=O) groups excluding carboxylic acids is 1. The molecule has 0 saturated heterocycles. The van der Waals surface area contributed by atoms with Crippen LogP contribution in [0.25, 0.3) is 11.4 Å². The van der Waals surface area contributed by atoms with Crippen molar-refractivity contribution in [2.75, 3.05) is 21.3 Å². The average Bonchev–Trinajstić information content (AvgIpc) is 3.28. The van der Waals surface area contributed by atoms with E-state index < -0.39 is 16.9 Å². The number of nitrogens with one attached hydrogen (secondary N) is 1. The van der Waals surface area contributed by atoms with Gasteiger partial charge in [-0.05, 0) is 25.1 Å². The minimum atomic E-state index is -0.643. The Hall–Kier alpha value is -4.15. The summed E-state index contributed by atoms with van der Waals surface area (Å²) in [7, 11) is 4.49. The van der Waals surface area contributed by atoms with E-state index in [0.717, 1.165) is 0 Å². The van der Waals surface area contributed by atoms with Gasteiger partial charge in [-0.3, -0.25) is 14.9 Å². The lowest BCUT2D eigenvalue weighted by molar-refractivity contribution is -0.384. The summed E-state index contributed by atoms with van der Waals surface area (Å²) in [5, 5.41) is 17.5. The Bertz CT molecular complexity index is 1090. The zero-order valence-electron chi connectivity index (χ0n) is 17.2. The first-order valence-corrected chi connectivity index (χ1v) is 9.07. The highest BCUT2D eigenvalue weighted by Gasteiger charge is 2.21. The van der Waals surface area contributed by atoms with Crippen molar-refractivity contribution >= 4 is 11.6 Å². The number of methoxy groups -OCH3 is 3. The SMILES string of the molecule is COc1cc(-c2noc([C@@H](C)NC(=O)c3cccc([N+](=O)[O-])c3)n2)cc(OC)c1OC. The number of ether oxygens (including phenoxy) is 3. The first-order chi connectivity index (χ1) is 14.9. The topological polar surface area (TPSA) is 139 Å². The second-order valence-corrected chi connectivity index (χ2v) is 6.37. The van der Waals surface area contributed by atoms with Gasteiger partial charge in [0.15, 0.2) is 11.5 Å². The second-order valence-electron chi connectivity index (χ2n) is 6.37. The lowest BCUT2D eigenvalue weighted by atomic mass is 10.1. The molecule has 0 aliphatic rings. The highest BCUT2D eigenvalue weighted by Crippen LogP contribution is 2.40. The van der Waals surface area contributed by atoms with Crippen molar-refractivity contribution in [2.24, 2.45) is 0 Å². The van der Waals surface area contributed by atoms with Crippen LogP contribution in [0.4, 0.5) is 5.69 Å². The molecule has 0 bridgehead atoms. The molecule has 0 saturated carbocycles. The van der Waals surface area contributed by atoms with Gasteiger partial charge in [0.2, 0.25) is 17.5 Å². The molecular formula is C20H20N4O7. The molecule has 2 aromatic carbocycles. The maximum atomic E-state index is 12.4. The number of hydrogen-bond acceptors (Lipinski definition) is 9. The first-order valence-electron chi connectivity index (χ1n) is 9.07. The molecule has 31 heavy (non-hydrogen) atoms. The van der Waals surface area contributed by atoms with Gasteiger partial charge < -0.3 is 24.1 Å². The Morgan fingerprint density at radius 3 is 2.39 bits per heavy atom. The largest absolute Gasteiger partial charge is 0.493 e. The van der Waals surface area contributed by atoms with Gasteiger partial charge in [0, 0.05) is 23.3 Å². The second kappa shape index (κ2) is 9.11. The number of aromatic nitrogens is 2. The van der Waals surface area contributed by atoms with Crippen molar-refractivity contribution in [1.29, 1.82) is 0 Å². The van der Waals surface area contributed by atoms with Crippen molar-refractivity contribution in [1.82, 2.24) is 15.5 Å². The molecule has 1 aromatic heterocycles. The summed E-state index contributed by atoms with van der Waals surface area (Å²) < 4.78 is 21.2. The zero-order chi connectivity index (χ0) is 22.5. The lowest BCUT2D eigenvalue weighted by Gasteiger charge is -2.12. The fraction of sp³-hybridized carbons (Fsp3) is 0.250. The summed E-state index contributed by atoms with van der Waals surface area (Å²) in [4.78, 5) is 27.1. The molecule has 11 nitrogen and oxygen atoms in total. The van der Waals surface area contributed by atoms with Crippen molar-refractivity contribution in [3.8, 4) is 28.6 Å². The number of carbonyl (C=O) groups is 1. The van der Waals surface area contributed by atoms with Crippen LogP contribution in [0.2, 0.25) is 0 Å². The van der Waals surface area contributed by atoms with E-state index >= 15 is 0 Å². The molecule has 0 fully saturated rings. The maximum Gasteiger partial charge on any atom is 0.270 e. The minimum absolute atomic E-state index is 0.144. The number of hydrogen-bond donors (Lipinski definition) is 1. The molecule has 162 valence electrons. The third kappa shape index (κ3) is 4.55. The van der Waals surface area contributed by atoms with Crippen LogP contribution < -0.4 is 19.5 Å². The molecule has 0 aliphatic carbocycles. The number of nitro benzene ring substituents is 1. The number of rotatable bonds is 8. The number of benzene rings is 2. The summed E-state index contributed by atoms with van der Waals surface area (Å²) in [6.07, 6.45) is 0. The van der Waals surface area contributed by atoms with E-state index in [1.807, 2.05) is 0 Å². The molecule has 1 amide bonds. The summed E-state index contributed by atoms with van der Waals surface area (Å²) in [6.45, 7) is 1.65. The predicted octanol–water partition coefficient (Wildman–Crippen LogP) is 3.16. The number of non-ortho nitro benzene ring substituents is 1. The summed E-state index contributed by atoms with van der Waals surface area (Å²) >= 11 is 0. The van der Waals surface area contributed by atoms with Gasteiger partial charge in [-0.1, -0.05) is 11.2 Å². The van der Waals surface area contributed by atoms with E-state index in [1.54, 1.807) is 19.1 Å². The van der Waals surface area contributed by atoms with Crippen molar-refractivity contribution in [3.63, 3.8) is 0 Å². The highest BCUT2D eigenvalue weighted by atomic mass is 16.6. The highest BCUT2D eigenvalue weighted by molar-refractivity contribution is 5.95. The summed E-state index contributed by atoms with van der Waals surface area (Å²) in [5.74, 6) is 1.18. The monoisotopic (exact) mass is 428 g/mol. The quantitative estimate of drug-likeness (QED) is 0.423. The van der Waals surface area contributed by atoms with Gasteiger partial charge in [0.25, 0.3) is 11.6 Å². The van der Waals surface area contributed by atoms with Crippen LogP contribution in [0.1, 0.15) is 29.2 Å². The van der Waals surface area contributed by atoms with E-state index in [9.17, 15) is 14.9 Å². The van der Waals surface area contributed by atoms with Gasteiger partial charge in [-0.25, -0.2) is 0 Å². The van der Waals surface area contributed by atoms with E-state index in [-0.39, 0.29) is 23.0 Å². The molecule has 3 aromatic rings. The van der Waals surface area contributed by atoms with Gasteiger partial charge in [0.05, 0.1) is 26.3 Å². The maximum absolute atomic E-state index is 12.4. The predicted molar refractivity (Wildman–Crippen MR) is 108 cm³/mol. The molecule has 0 spiro atoms. The Morgan fingerprint density at radius 1 is 1.13 bits per heavy atom. The average molecular weight is 428 g/mol. The molecule has 0 radical (unpaired) electrons. The van der Waals surface area contributed by atoms with E-state index in [4.69, 9.17) is 18.7 Å². The lowest BCUT2D eigenvalue weighted by Crippen LogP contribution is -2.26. The third-order valence-electron chi connectivity index (χ3n) is 4.40. The fourth-order valence-electron chi connectivity index (χ4n) is 2.84. The van der Waals surface area contributed by atoms with Crippen molar-refractivity contribution < 1.29 is 28.5 Å². The van der Waals surface area contributed by atoms with E-state index in [2.05, 4.69) is 15.5 Å². The molecule has 1 atom stereocenters. The Labute approximate surface area is 177 Å². The van der Waals surface area contributed by atoms with Gasteiger partial charge >= 0.3 is 0 Å². The molecule has 3 rings (SSSR count). The van der Waals surface area contributed by atoms with Gasteiger partial charge in [-0.15, -0.1) is 0 Å². The number of amides is 1. The Kier molecular flexibility index (Phi) is 6.34. The first kappa shape index (κ1) is 21.6. The van der Waals surface area contributed by atoms with Crippen LogP contribution in [-0.2, 0) is 0 Å². The summed E-state index contributed by atoms with van der Waals surface area (Å²) in [5.41, 5.74) is 0.523. The van der Waals surface area contributed by atoms with Crippen molar-refractivity contribution in [3.05, 3.63) is 58.0 Å². The van der Waals surface area contributed by atoms with Gasteiger partial charge in [-0.2, -0.15) is 4.98 Å². The van der Waals surface area contributed by atoms with Gasteiger partial charge in [0.1, 0.15) is 6.04 Å². The van der Waals surface area contributed by atoms with Crippen LogP contribution in [0, 0.1) is 10.1 Å². The Morgan fingerprint density at radius 2 is 1.81 bits per heavy atom. The van der Waals surface area contributed by atoms with Crippen LogP contribution in [0.3, 0.4) is 0 Å². The molecule has 11 heteroatoms. The third-order valence-corrected chi connectivity index (χ3v) is 4.40. The van der Waals surface area contributed by atoms with Crippen LogP contribution in [0.15, 0.2) is 40.9 Å². The van der Waals surface area contributed by atoms with Crippen LogP contribution in [0.5, 0.6) is 17.2 Å². The van der Waals surface area contributed by atoms with E-state index in [1.165, 1.54) is 45.6 Å². The summed E-state index contributed by atoms with van der Waals surface area (Å²) in [6, 6.07) is 8.11. The molecule has 1 heterocycles. The molecule has 0 aliphatic heterocycles. The fourth-order valence-corrected chi connectivity index (χ4v) is 2.84. The standard InChI is InChI=1S/C20H20N4O7/c1-11(21-19(25)12-6-5-7-14(8-12)24(26)27)20-22-18(23-31-20)13-9-15(28-2)17(30-4)16(10-13)29-3/h5-11H,1-4H3,(H,21,25)/t11-/m1/s1. The van der Waals surface area contributed by atoms with E-state index in [0.29, 0.717) is 22.8 Å². The minimum Gasteiger partial charge on any atom is -0.493 e. The number of nitro groups is 1. The molecule has 0 unspecified atom stereocenters. The smallest absolute Gasteiger partial charge is 0.270 e. The molecular weight excluding hydrogens is 408 g/mol. The van der Waals surface area contributed by atoms with Crippen molar-refractivity contribution in [2.45, 2.75) is 13.0 Å². The Balaban J connectivity index is 1.81. The number of nitrogens with zero attached hydrogens (tertiary/aromatic N) is 3. The van der Waals surface area contributed by atoms with Crippen LogP contribution >= 0.6 is 0 Å². The zero-order valence-corrected chi connectivity index (χ0v) is 17.2. The normalized spacial score (nSPS) is 11.5. The molecule has 1 N–H and O–H groups in total.